The highest BCUT2D eigenvalue weighted by Crippen LogP contribution is 2.19. The summed E-state index contributed by atoms with van der Waals surface area (Å²) >= 11 is 0. The molecule has 1 saturated heterocycles. The number of hydrogen-bond donors (Lipinski definition) is 0. The Hall–Kier alpha value is -1.78. The van der Waals surface area contributed by atoms with Gasteiger partial charge in [-0.1, -0.05) is 12.1 Å². The van der Waals surface area contributed by atoms with E-state index in [0.29, 0.717) is 0 Å². The Labute approximate surface area is 138 Å². The van der Waals surface area contributed by atoms with Crippen LogP contribution >= 0.6 is 0 Å². The normalized spacial score (nSPS) is 19.9. The molecule has 23 heavy (non-hydrogen) atoms. The fraction of sp³-hybridized carbons (Fsp3) is 0.474. The molecule has 1 fully saturated rings. The maximum atomic E-state index is 5.81. The molecule has 0 saturated carbocycles. The summed E-state index contributed by atoms with van der Waals surface area (Å²) in [6.45, 7) is 5.80. The van der Waals surface area contributed by atoms with Crippen LogP contribution in [0.1, 0.15) is 24.8 Å². The molecule has 2 aliphatic rings. The van der Waals surface area contributed by atoms with E-state index >= 15 is 0 Å². The first-order valence-electron chi connectivity index (χ1n) is 8.45. The van der Waals surface area contributed by atoms with Crippen molar-refractivity contribution in [1.29, 1.82) is 0 Å². The van der Waals surface area contributed by atoms with E-state index in [4.69, 9.17) is 14.2 Å². The summed E-state index contributed by atoms with van der Waals surface area (Å²) in [5.41, 5.74) is 1.14. The van der Waals surface area contributed by atoms with Gasteiger partial charge in [0.25, 0.3) is 0 Å². The van der Waals surface area contributed by atoms with E-state index in [-0.39, 0.29) is 0 Å². The van der Waals surface area contributed by atoms with Crippen LogP contribution in [0.5, 0.6) is 5.75 Å². The molecule has 2 heterocycles. The highest BCUT2D eigenvalue weighted by molar-refractivity contribution is 5.53. The summed E-state index contributed by atoms with van der Waals surface area (Å²) < 4.78 is 16.5. The molecular weight excluding hydrogens is 290 g/mol. The van der Waals surface area contributed by atoms with Crippen LogP contribution in [0, 0.1) is 0 Å². The van der Waals surface area contributed by atoms with E-state index < -0.39 is 0 Å². The predicted molar refractivity (Wildman–Crippen MR) is 91.2 cm³/mol. The maximum Gasteiger partial charge on any atom is 0.119 e. The van der Waals surface area contributed by atoms with Crippen LogP contribution in [0.4, 0.5) is 0 Å². The summed E-state index contributed by atoms with van der Waals surface area (Å²) in [4.78, 5) is 2.46. The minimum absolute atomic E-state index is 0.776. The first kappa shape index (κ1) is 16.1. The highest BCUT2D eigenvalue weighted by Gasteiger charge is 2.09. The number of allylic oxidation sites excluding steroid dienone is 1. The lowest BCUT2D eigenvalue weighted by Gasteiger charge is -2.26. The van der Waals surface area contributed by atoms with Crippen LogP contribution in [-0.4, -0.2) is 44.4 Å². The number of ether oxygens (including phenoxy) is 3. The predicted octanol–water partition coefficient (Wildman–Crippen LogP) is 3.45. The molecule has 124 valence electrons. The van der Waals surface area contributed by atoms with Crippen molar-refractivity contribution in [2.75, 3.05) is 39.5 Å². The van der Waals surface area contributed by atoms with Gasteiger partial charge in [0.2, 0.25) is 0 Å². The van der Waals surface area contributed by atoms with E-state index in [9.17, 15) is 0 Å². The van der Waals surface area contributed by atoms with Gasteiger partial charge in [0.1, 0.15) is 11.5 Å². The minimum atomic E-state index is 0.776. The van der Waals surface area contributed by atoms with Crippen molar-refractivity contribution in [3.63, 3.8) is 0 Å². The van der Waals surface area contributed by atoms with Crippen LogP contribution in [0.2, 0.25) is 0 Å². The summed E-state index contributed by atoms with van der Waals surface area (Å²) in [6.07, 6.45) is 8.95. The Balaban J connectivity index is 1.33. The van der Waals surface area contributed by atoms with Crippen molar-refractivity contribution in [3.8, 4) is 5.75 Å². The monoisotopic (exact) mass is 315 g/mol. The lowest BCUT2D eigenvalue weighted by Crippen LogP contribution is -2.36. The zero-order valence-corrected chi connectivity index (χ0v) is 13.6. The zero-order valence-electron chi connectivity index (χ0n) is 13.6. The summed E-state index contributed by atoms with van der Waals surface area (Å²) in [6, 6.07) is 8.18. The Morgan fingerprint density at radius 3 is 2.65 bits per heavy atom. The van der Waals surface area contributed by atoms with Gasteiger partial charge < -0.3 is 14.2 Å². The van der Waals surface area contributed by atoms with Crippen LogP contribution in [0.15, 0.2) is 42.4 Å². The molecule has 2 aliphatic heterocycles. The fourth-order valence-corrected chi connectivity index (χ4v) is 2.74. The maximum absolute atomic E-state index is 5.81. The number of unbranched alkanes of at least 4 members (excludes halogenated alkanes) is 1. The average molecular weight is 315 g/mol. The number of hydrogen-bond acceptors (Lipinski definition) is 4. The van der Waals surface area contributed by atoms with E-state index in [2.05, 4.69) is 23.1 Å². The van der Waals surface area contributed by atoms with E-state index in [1.807, 2.05) is 18.2 Å². The molecule has 0 bridgehead atoms. The molecule has 0 radical (unpaired) electrons. The SMILES string of the molecule is C1=COC(=Cc2ccc(OCCCCN3CCOCC3)cc2)C1. The van der Waals surface area contributed by atoms with Gasteiger partial charge in [0.05, 0.1) is 26.1 Å². The standard InChI is InChI=1S/C19H25NO3/c1(9-20-10-14-21-15-11-20)2-12-22-18-7-5-17(6-8-18)16-19-4-3-13-23-19/h3,5-8,13,16H,1-2,4,9-12,14-15H2. The van der Waals surface area contributed by atoms with Gasteiger partial charge in [-0.3, -0.25) is 4.90 Å². The molecule has 0 atom stereocenters. The van der Waals surface area contributed by atoms with E-state index in [1.54, 1.807) is 6.26 Å². The topological polar surface area (TPSA) is 30.9 Å². The lowest BCUT2D eigenvalue weighted by atomic mass is 10.2. The zero-order chi connectivity index (χ0) is 15.7. The highest BCUT2D eigenvalue weighted by atomic mass is 16.5. The Kier molecular flexibility index (Phi) is 6.12. The Morgan fingerprint density at radius 2 is 1.91 bits per heavy atom. The quantitative estimate of drug-likeness (QED) is 0.721. The molecule has 0 spiro atoms. The van der Waals surface area contributed by atoms with Gasteiger partial charge in [0.15, 0.2) is 0 Å². The molecule has 4 nitrogen and oxygen atoms in total. The molecule has 0 unspecified atom stereocenters. The Bertz CT molecular complexity index is 520. The van der Waals surface area contributed by atoms with Crippen LogP contribution < -0.4 is 4.74 Å². The van der Waals surface area contributed by atoms with Crippen molar-refractivity contribution in [1.82, 2.24) is 4.90 Å². The van der Waals surface area contributed by atoms with Crippen LogP contribution in [0.25, 0.3) is 6.08 Å². The average Bonchev–Trinajstić information content (AvgIpc) is 3.10. The van der Waals surface area contributed by atoms with Crippen molar-refractivity contribution >= 4 is 6.08 Å². The number of rotatable bonds is 7. The number of benzene rings is 1. The van der Waals surface area contributed by atoms with Crippen LogP contribution in [0.3, 0.4) is 0 Å². The van der Waals surface area contributed by atoms with Crippen LogP contribution in [-0.2, 0) is 9.47 Å². The molecule has 1 aromatic carbocycles. The molecule has 0 aromatic heterocycles. The van der Waals surface area contributed by atoms with Gasteiger partial charge in [-0.25, -0.2) is 0 Å². The molecular formula is C19H25NO3. The third-order valence-electron chi connectivity index (χ3n) is 4.08. The summed E-state index contributed by atoms with van der Waals surface area (Å²) in [5, 5.41) is 0. The molecule has 4 heteroatoms. The molecule has 0 amide bonds. The third kappa shape index (κ3) is 5.41. The molecule has 1 aromatic rings. The second-order valence-electron chi connectivity index (χ2n) is 5.88. The molecule has 0 aliphatic carbocycles. The van der Waals surface area contributed by atoms with Gasteiger partial charge in [-0.15, -0.1) is 0 Å². The van der Waals surface area contributed by atoms with Gasteiger partial charge in [0, 0.05) is 19.5 Å². The largest absolute Gasteiger partial charge is 0.494 e. The van der Waals surface area contributed by atoms with E-state index in [0.717, 1.165) is 69.4 Å². The minimum Gasteiger partial charge on any atom is -0.494 e. The van der Waals surface area contributed by atoms with Crippen molar-refractivity contribution in [3.05, 3.63) is 47.9 Å². The third-order valence-corrected chi connectivity index (χ3v) is 4.08. The Morgan fingerprint density at radius 1 is 1.09 bits per heavy atom. The van der Waals surface area contributed by atoms with E-state index in [1.165, 1.54) is 6.42 Å². The second-order valence-corrected chi connectivity index (χ2v) is 5.88. The number of morpholine rings is 1. The molecule has 0 N–H and O–H groups in total. The summed E-state index contributed by atoms with van der Waals surface area (Å²) in [7, 11) is 0. The smallest absolute Gasteiger partial charge is 0.119 e. The molecule has 3 rings (SSSR count). The summed E-state index contributed by atoms with van der Waals surface area (Å²) in [5.74, 6) is 1.92. The van der Waals surface area contributed by atoms with Gasteiger partial charge >= 0.3 is 0 Å². The number of nitrogens with zero attached hydrogens (tertiary/aromatic N) is 1. The van der Waals surface area contributed by atoms with Crippen molar-refractivity contribution < 1.29 is 14.2 Å². The first-order chi connectivity index (χ1) is 11.4. The van der Waals surface area contributed by atoms with Gasteiger partial charge in [-0.05, 0) is 49.2 Å². The van der Waals surface area contributed by atoms with Crippen molar-refractivity contribution in [2.24, 2.45) is 0 Å². The second kappa shape index (κ2) is 8.75. The lowest BCUT2D eigenvalue weighted by molar-refractivity contribution is 0.0368. The first-order valence-corrected chi connectivity index (χ1v) is 8.45. The van der Waals surface area contributed by atoms with Gasteiger partial charge in [-0.2, -0.15) is 0 Å². The fourth-order valence-electron chi connectivity index (χ4n) is 2.74. The van der Waals surface area contributed by atoms with Crippen molar-refractivity contribution in [2.45, 2.75) is 19.3 Å².